The molecule has 0 saturated carbocycles. The van der Waals surface area contributed by atoms with Crippen molar-refractivity contribution in [2.45, 2.75) is 32.2 Å². The summed E-state index contributed by atoms with van der Waals surface area (Å²) < 4.78 is 0. The van der Waals surface area contributed by atoms with Crippen LogP contribution in [0.1, 0.15) is 25.3 Å². The summed E-state index contributed by atoms with van der Waals surface area (Å²) in [6, 6.07) is 15.5. The Kier molecular flexibility index (Phi) is 6.58. The van der Waals surface area contributed by atoms with Gasteiger partial charge in [-0.15, -0.1) is 0 Å². The molecule has 138 valence electrons. The highest BCUT2D eigenvalue weighted by Crippen LogP contribution is 2.27. The maximum Gasteiger partial charge on any atom is 0.241 e. The number of rotatable bonds is 5. The van der Waals surface area contributed by atoms with Crippen LogP contribution < -0.4 is 5.32 Å². The Morgan fingerprint density at radius 3 is 2.54 bits per heavy atom. The lowest BCUT2D eigenvalue weighted by atomic mass is 9.89. The molecule has 0 radical (unpaired) electrons. The van der Waals surface area contributed by atoms with Gasteiger partial charge in [-0.3, -0.25) is 9.69 Å². The van der Waals surface area contributed by atoms with Crippen LogP contribution in [0.3, 0.4) is 0 Å². The van der Waals surface area contributed by atoms with Crippen LogP contribution in [-0.2, 0) is 11.2 Å². The molecule has 3 nitrogen and oxygen atoms in total. The molecule has 0 aliphatic carbocycles. The molecule has 0 unspecified atom stereocenters. The minimum absolute atomic E-state index is 0.0457. The van der Waals surface area contributed by atoms with Crippen molar-refractivity contribution in [1.29, 1.82) is 0 Å². The highest BCUT2D eigenvalue weighted by atomic mass is 35.5. The van der Waals surface area contributed by atoms with Crippen LogP contribution in [-0.4, -0.2) is 29.9 Å². The van der Waals surface area contributed by atoms with Crippen molar-refractivity contribution in [1.82, 2.24) is 4.90 Å². The number of hydrogen-bond donors (Lipinski definition) is 1. The van der Waals surface area contributed by atoms with E-state index in [2.05, 4.69) is 40.5 Å². The highest BCUT2D eigenvalue weighted by Gasteiger charge is 2.27. The first kappa shape index (κ1) is 19.2. The summed E-state index contributed by atoms with van der Waals surface area (Å²) in [4.78, 5) is 14.8. The number of halogens is 2. The number of carbonyl (C=O) groups excluding carboxylic acids is 1. The maximum atomic E-state index is 12.6. The monoisotopic (exact) mass is 390 g/mol. The Hall–Kier alpha value is -1.55. The summed E-state index contributed by atoms with van der Waals surface area (Å²) in [6.07, 6.45) is 3.35. The number of hydrogen-bond acceptors (Lipinski definition) is 2. The van der Waals surface area contributed by atoms with Crippen molar-refractivity contribution in [2.24, 2.45) is 5.92 Å². The predicted molar refractivity (Wildman–Crippen MR) is 109 cm³/mol. The van der Waals surface area contributed by atoms with Gasteiger partial charge in [-0.2, -0.15) is 0 Å². The van der Waals surface area contributed by atoms with Crippen molar-refractivity contribution in [2.75, 3.05) is 18.4 Å². The van der Waals surface area contributed by atoms with E-state index in [1.807, 2.05) is 6.92 Å². The summed E-state index contributed by atoms with van der Waals surface area (Å²) in [5.41, 5.74) is 1.96. The van der Waals surface area contributed by atoms with Crippen LogP contribution in [0.15, 0.2) is 48.5 Å². The van der Waals surface area contributed by atoms with E-state index < -0.39 is 0 Å². The average molecular weight is 391 g/mol. The molecule has 5 heteroatoms. The minimum atomic E-state index is -0.192. The second-order valence-electron chi connectivity index (χ2n) is 6.96. The number of likely N-dealkylation sites (tertiary alicyclic amines) is 1. The van der Waals surface area contributed by atoms with Crippen molar-refractivity contribution < 1.29 is 4.79 Å². The third-order valence-corrected chi connectivity index (χ3v) is 5.69. The molecule has 1 atom stereocenters. The molecule has 26 heavy (non-hydrogen) atoms. The zero-order chi connectivity index (χ0) is 18.5. The van der Waals surface area contributed by atoms with Crippen LogP contribution in [0, 0.1) is 5.92 Å². The lowest BCUT2D eigenvalue weighted by molar-refractivity contribution is -0.121. The Morgan fingerprint density at radius 1 is 1.15 bits per heavy atom. The average Bonchev–Trinajstić information content (AvgIpc) is 2.65. The fourth-order valence-corrected chi connectivity index (χ4v) is 3.82. The van der Waals surface area contributed by atoms with E-state index >= 15 is 0 Å². The number of anilines is 1. The molecule has 1 N–H and O–H groups in total. The van der Waals surface area contributed by atoms with Crippen LogP contribution in [0.5, 0.6) is 0 Å². The predicted octanol–water partition coefficient (Wildman–Crippen LogP) is 5.28. The number of nitrogens with one attached hydrogen (secondary N) is 1. The normalized spacial score (nSPS) is 17.0. The van der Waals surface area contributed by atoms with E-state index in [1.54, 1.807) is 18.2 Å². The lowest BCUT2D eigenvalue weighted by Gasteiger charge is -2.35. The van der Waals surface area contributed by atoms with Gasteiger partial charge in [-0.05, 0) is 69.0 Å². The summed E-state index contributed by atoms with van der Waals surface area (Å²) in [5.74, 6) is 0.641. The number of benzene rings is 2. The minimum Gasteiger partial charge on any atom is -0.323 e. The van der Waals surface area contributed by atoms with Crippen molar-refractivity contribution in [3.8, 4) is 0 Å². The molecule has 1 fully saturated rings. The number of amides is 1. The topological polar surface area (TPSA) is 32.3 Å². The first-order chi connectivity index (χ1) is 12.5. The van der Waals surface area contributed by atoms with Crippen LogP contribution in [0.2, 0.25) is 10.0 Å². The summed E-state index contributed by atoms with van der Waals surface area (Å²) in [7, 11) is 0. The second kappa shape index (κ2) is 8.90. The molecule has 1 amide bonds. The van der Waals surface area contributed by atoms with Gasteiger partial charge >= 0.3 is 0 Å². The van der Waals surface area contributed by atoms with Crippen molar-refractivity contribution in [3.63, 3.8) is 0 Å². The standard InChI is InChI=1S/C21H24Cl2N2O/c1-15(21(26)24-20-14-18(22)7-8-19(20)23)25-11-9-17(10-12-25)13-16-5-3-2-4-6-16/h2-8,14-15,17H,9-13H2,1H3,(H,24,26)/t15-/m1/s1. The van der Waals surface area contributed by atoms with Gasteiger partial charge in [0.2, 0.25) is 5.91 Å². The number of carbonyl (C=O) groups is 1. The van der Waals surface area contributed by atoms with Gasteiger partial charge in [0.05, 0.1) is 16.8 Å². The molecule has 1 aliphatic rings. The lowest BCUT2D eigenvalue weighted by Crippen LogP contribution is -2.46. The molecular weight excluding hydrogens is 367 g/mol. The van der Waals surface area contributed by atoms with Gasteiger partial charge in [-0.25, -0.2) is 0 Å². The molecule has 0 spiro atoms. The molecule has 0 bridgehead atoms. The van der Waals surface area contributed by atoms with Crippen molar-refractivity contribution in [3.05, 3.63) is 64.1 Å². The van der Waals surface area contributed by atoms with Gasteiger partial charge in [0, 0.05) is 5.02 Å². The maximum absolute atomic E-state index is 12.6. The fourth-order valence-electron chi connectivity index (χ4n) is 3.49. The van der Waals surface area contributed by atoms with E-state index in [4.69, 9.17) is 23.2 Å². The van der Waals surface area contributed by atoms with Gasteiger partial charge in [-0.1, -0.05) is 53.5 Å². The first-order valence-electron chi connectivity index (χ1n) is 9.07. The zero-order valence-corrected chi connectivity index (χ0v) is 16.4. The quantitative estimate of drug-likeness (QED) is 0.753. The third kappa shape index (κ3) is 5.00. The molecular formula is C21H24Cl2N2O. The molecule has 3 rings (SSSR count). The molecule has 2 aromatic carbocycles. The zero-order valence-electron chi connectivity index (χ0n) is 14.9. The van der Waals surface area contributed by atoms with Crippen LogP contribution in [0.25, 0.3) is 0 Å². The molecule has 0 aromatic heterocycles. The second-order valence-corrected chi connectivity index (χ2v) is 7.80. The SMILES string of the molecule is C[C@H](C(=O)Nc1cc(Cl)ccc1Cl)N1CCC(Cc2ccccc2)CC1. The van der Waals surface area contributed by atoms with Gasteiger partial charge in [0.25, 0.3) is 0 Å². The Bertz CT molecular complexity index is 743. The van der Waals surface area contributed by atoms with E-state index in [1.165, 1.54) is 5.56 Å². The smallest absolute Gasteiger partial charge is 0.241 e. The number of piperidine rings is 1. The van der Waals surface area contributed by atoms with E-state index in [-0.39, 0.29) is 11.9 Å². The van der Waals surface area contributed by atoms with Gasteiger partial charge < -0.3 is 5.32 Å². The summed E-state index contributed by atoms with van der Waals surface area (Å²) >= 11 is 12.1. The Labute approximate surface area is 165 Å². The largest absolute Gasteiger partial charge is 0.323 e. The highest BCUT2D eigenvalue weighted by molar-refractivity contribution is 6.35. The molecule has 1 aliphatic heterocycles. The summed E-state index contributed by atoms with van der Waals surface area (Å²) in [5, 5.41) is 3.95. The molecule has 2 aromatic rings. The van der Waals surface area contributed by atoms with Crippen LogP contribution >= 0.6 is 23.2 Å². The first-order valence-corrected chi connectivity index (χ1v) is 9.82. The van der Waals surface area contributed by atoms with Gasteiger partial charge in [0.15, 0.2) is 0 Å². The van der Waals surface area contributed by atoms with E-state index in [0.717, 1.165) is 32.4 Å². The van der Waals surface area contributed by atoms with Gasteiger partial charge in [0.1, 0.15) is 0 Å². The molecule has 1 saturated heterocycles. The van der Waals surface area contributed by atoms with E-state index in [0.29, 0.717) is 21.7 Å². The van der Waals surface area contributed by atoms with Crippen molar-refractivity contribution >= 4 is 34.8 Å². The summed E-state index contributed by atoms with van der Waals surface area (Å²) in [6.45, 7) is 3.83. The van der Waals surface area contributed by atoms with E-state index in [9.17, 15) is 4.79 Å². The molecule has 1 heterocycles. The fraction of sp³-hybridized carbons (Fsp3) is 0.381. The Balaban J connectivity index is 1.52. The number of nitrogens with zero attached hydrogens (tertiary/aromatic N) is 1. The van der Waals surface area contributed by atoms with Crippen LogP contribution in [0.4, 0.5) is 5.69 Å². The third-order valence-electron chi connectivity index (χ3n) is 5.13. The Morgan fingerprint density at radius 2 is 1.85 bits per heavy atom.